The van der Waals surface area contributed by atoms with Crippen LogP contribution in [0.3, 0.4) is 0 Å². The number of aromatic nitrogens is 2. The average molecular weight is 339 g/mol. The fraction of sp³-hybridized carbons (Fsp3) is 0.316. The SMILES string of the molecule is Cc1c(CN2CCSCC2)cccc1-c1ccc2[nH]c(=O)[nH]c2c1. The number of rotatable bonds is 3. The van der Waals surface area contributed by atoms with Crippen LogP contribution in [0.15, 0.2) is 41.2 Å². The second-order valence-corrected chi connectivity index (χ2v) is 7.54. The van der Waals surface area contributed by atoms with Crippen LogP contribution in [0.25, 0.3) is 22.2 Å². The highest BCUT2D eigenvalue weighted by atomic mass is 32.2. The van der Waals surface area contributed by atoms with Crippen molar-refractivity contribution >= 4 is 22.8 Å². The van der Waals surface area contributed by atoms with Gasteiger partial charge in [-0.25, -0.2) is 4.79 Å². The molecular weight excluding hydrogens is 318 g/mol. The Morgan fingerprint density at radius 1 is 1.08 bits per heavy atom. The Morgan fingerprint density at radius 2 is 1.88 bits per heavy atom. The molecule has 4 nitrogen and oxygen atoms in total. The first-order chi connectivity index (χ1) is 11.7. The van der Waals surface area contributed by atoms with Gasteiger partial charge in [0.1, 0.15) is 0 Å². The van der Waals surface area contributed by atoms with Crippen LogP contribution in [0.5, 0.6) is 0 Å². The zero-order valence-electron chi connectivity index (χ0n) is 13.8. The van der Waals surface area contributed by atoms with Crippen LogP contribution in [-0.2, 0) is 6.54 Å². The molecule has 4 rings (SSSR count). The fourth-order valence-electron chi connectivity index (χ4n) is 3.37. The molecule has 1 aliphatic heterocycles. The Hall–Kier alpha value is -1.98. The Balaban J connectivity index is 1.68. The van der Waals surface area contributed by atoms with Crippen molar-refractivity contribution in [3.63, 3.8) is 0 Å². The lowest BCUT2D eigenvalue weighted by atomic mass is 9.96. The van der Waals surface area contributed by atoms with Gasteiger partial charge in [-0.1, -0.05) is 24.3 Å². The van der Waals surface area contributed by atoms with Crippen LogP contribution >= 0.6 is 11.8 Å². The number of nitrogens with one attached hydrogen (secondary N) is 2. The van der Waals surface area contributed by atoms with E-state index < -0.39 is 0 Å². The summed E-state index contributed by atoms with van der Waals surface area (Å²) >= 11 is 2.04. The van der Waals surface area contributed by atoms with Crippen molar-refractivity contribution in [2.24, 2.45) is 0 Å². The Kier molecular flexibility index (Phi) is 4.21. The minimum absolute atomic E-state index is 0.157. The number of hydrogen-bond acceptors (Lipinski definition) is 3. The molecule has 0 atom stereocenters. The molecule has 0 radical (unpaired) electrons. The predicted octanol–water partition coefficient (Wildman–Crippen LogP) is 3.38. The highest BCUT2D eigenvalue weighted by Crippen LogP contribution is 2.28. The Bertz CT molecular complexity index is 922. The molecular formula is C19H21N3OS. The van der Waals surface area contributed by atoms with E-state index in [1.807, 2.05) is 17.8 Å². The molecule has 0 saturated carbocycles. The summed E-state index contributed by atoms with van der Waals surface area (Å²) in [5.41, 5.74) is 6.65. The van der Waals surface area contributed by atoms with Crippen molar-refractivity contribution in [1.82, 2.24) is 14.9 Å². The third kappa shape index (κ3) is 3.01. The highest BCUT2D eigenvalue weighted by Gasteiger charge is 2.13. The monoisotopic (exact) mass is 339 g/mol. The van der Waals surface area contributed by atoms with Crippen LogP contribution in [-0.4, -0.2) is 39.5 Å². The molecule has 2 heterocycles. The van der Waals surface area contributed by atoms with E-state index in [-0.39, 0.29) is 5.69 Å². The topological polar surface area (TPSA) is 51.9 Å². The van der Waals surface area contributed by atoms with Crippen molar-refractivity contribution in [2.45, 2.75) is 13.5 Å². The molecule has 5 heteroatoms. The van der Waals surface area contributed by atoms with E-state index in [9.17, 15) is 4.79 Å². The smallest absolute Gasteiger partial charge is 0.306 e. The lowest BCUT2D eigenvalue weighted by Crippen LogP contribution is -2.32. The summed E-state index contributed by atoms with van der Waals surface area (Å²) in [7, 11) is 0. The van der Waals surface area contributed by atoms with Crippen molar-refractivity contribution in [1.29, 1.82) is 0 Å². The molecule has 2 N–H and O–H groups in total. The summed E-state index contributed by atoms with van der Waals surface area (Å²) in [6.07, 6.45) is 0. The van der Waals surface area contributed by atoms with E-state index in [1.165, 1.54) is 41.3 Å². The summed E-state index contributed by atoms with van der Waals surface area (Å²) in [6.45, 7) is 5.56. The van der Waals surface area contributed by atoms with E-state index in [0.29, 0.717) is 0 Å². The molecule has 0 amide bonds. The first-order valence-electron chi connectivity index (χ1n) is 8.32. The number of hydrogen-bond donors (Lipinski definition) is 2. The molecule has 1 aromatic heterocycles. The van der Waals surface area contributed by atoms with Crippen molar-refractivity contribution in [3.05, 3.63) is 58.0 Å². The molecule has 2 aromatic carbocycles. The molecule has 0 unspecified atom stereocenters. The predicted molar refractivity (Wildman–Crippen MR) is 102 cm³/mol. The van der Waals surface area contributed by atoms with Crippen molar-refractivity contribution in [3.8, 4) is 11.1 Å². The number of H-pyrrole nitrogens is 2. The number of benzene rings is 2. The maximum atomic E-state index is 11.5. The van der Waals surface area contributed by atoms with Gasteiger partial charge in [-0.05, 0) is 41.3 Å². The van der Waals surface area contributed by atoms with Gasteiger partial charge in [0.2, 0.25) is 0 Å². The number of nitrogens with zero attached hydrogens (tertiary/aromatic N) is 1. The minimum atomic E-state index is -0.157. The molecule has 3 aromatic rings. The van der Waals surface area contributed by atoms with Gasteiger partial charge in [0.05, 0.1) is 11.0 Å². The summed E-state index contributed by atoms with van der Waals surface area (Å²) in [4.78, 5) is 19.6. The number of imidazole rings is 1. The van der Waals surface area contributed by atoms with E-state index in [2.05, 4.69) is 52.1 Å². The van der Waals surface area contributed by atoms with Crippen molar-refractivity contribution in [2.75, 3.05) is 24.6 Å². The first-order valence-corrected chi connectivity index (χ1v) is 9.47. The van der Waals surface area contributed by atoms with E-state index in [4.69, 9.17) is 0 Å². The maximum absolute atomic E-state index is 11.5. The van der Waals surface area contributed by atoms with E-state index in [1.54, 1.807) is 0 Å². The molecule has 1 saturated heterocycles. The molecule has 0 spiro atoms. The van der Waals surface area contributed by atoms with Gasteiger partial charge in [-0.3, -0.25) is 4.90 Å². The second kappa shape index (κ2) is 6.49. The number of thioether (sulfide) groups is 1. The maximum Gasteiger partial charge on any atom is 0.323 e. The van der Waals surface area contributed by atoms with Crippen LogP contribution in [0.4, 0.5) is 0 Å². The molecule has 0 bridgehead atoms. The third-order valence-electron chi connectivity index (χ3n) is 4.77. The van der Waals surface area contributed by atoms with E-state index in [0.717, 1.165) is 23.1 Å². The molecule has 1 fully saturated rings. The zero-order valence-corrected chi connectivity index (χ0v) is 14.6. The Morgan fingerprint density at radius 3 is 2.71 bits per heavy atom. The largest absolute Gasteiger partial charge is 0.323 e. The van der Waals surface area contributed by atoms with Crippen molar-refractivity contribution < 1.29 is 0 Å². The number of aromatic amines is 2. The molecule has 24 heavy (non-hydrogen) atoms. The zero-order chi connectivity index (χ0) is 16.5. The highest BCUT2D eigenvalue weighted by molar-refractivity contribution is 7.99. The standard InChI is InChI=1S/C19H21N3OS/c1-13-15(12-22-7-9-24-10-8-22)3-2-4-16(13)14-5-6-17-18(11-14)21-19(23)20-17/h2-6,11H,7-10,12H2,1H3,(H2,20,21,23). The van der Waals surface area contributed by atoms with E-state index >= 15 is 0 Å². The van der Waals surface area contributed by atoms with Crippen LogP contribution in [0.2, 0.25) is 0 Å². The lowest BCUT2D eigenvalue weighted by molar-refractivity contribution is 0.294. The minimum Gasteiger partial charge on any atom is -0.306 e. The molecule has 1 aliphatic rings. The first kappa shape index (κ1) is 15.5. The third-order valence-corrected chi connectivity index (χ3v) is 5.71. The van der Waals surface area contributed by atoms with Crippen LogP contribution in [0.1, 0.15) is 11.1 Å². The van der Waals surface area contributed by atoms with Crippen LogP contribution in [0, 0.1) is 6.92 Å². The summed E-state index contributed by atoms with van der Waals surface area (Å²) in [5, 5.41) is 0. The average Bonchev–Trinajstić information content (AvgIpc) is 2.97. The molecule has 0 aliphatic carbocycles. The van der Waals surface area contributed by atoms with Gasteiger partial charge in [0, 0.05) is 31.1 Å². The lowest BCUT2D eigenvalue weighted by Gasteiger charge is -2.27. The summed E-state index contributed by atoms with van der Waals surface area (Å²) in [6, 6.07) is 12.6. The second-order valence-electron chi connectivity index (χ2n) is 6.32. The quantitative estimate of drug-likeness (QED) is 0.769. The normalized spacial score (nSPS) is 15.9. The number of fused-ring (bicyclic) bond motifs is 1. The Labute approximate surface area is 145 Å². The van der Waals surface area contributed by atoms with Gasteiger partial charge in [-0.15, -0.1) is 0 Å². The fourth-order valence-corrected chi connectivity index (χ4v) is 4.35. The van der Waals surface area contributed by atoms with Gasteiger partial charge < -0.3 is 9.97 Å². The molecule has 124 valence electrons. The summed E-state index contributed by atoms with van der Waals surface area (Å²) < 4.78 is 0. The van der Waals surface area contributed by atoms with Gasteiger partial charge in [0.15, 0.2) is 0 Å². The van der Waals surface area contributed by atoms with Gasteiger partial charge in [-0.2, -0.15) is 11.8 Å². The van der Waals surface area contributed by atoms with Gasteiger partial charge >= 0.3 is 5.69 Å². The van der Waals surface area contributed by atoms with Gasteiger partial charge in [0.25, 0.3) is 0 Å². The van der Waals surface area contributed by atoms with Crippen LogP contribution < -0.4 is 5.69 Å². The summed E-state index contributed by atoms with van der Waals surface area (Å²) in [5.74, 6) is 2.46.